The largest absolute Gasteiger partial charge is 0.465 e. The van der Waals surface area contributed by atoms with Gasteiger partial charge in [-0.15, -0.1) is 0 Å². The lowest BCUT2D eigenvalue weighted by Crippen LogP contribution is -2.17. The molecule has 5 nitrogen and oxygen atoms in total. The van der Waals surface area contributed by atoms with Gasteiger partial charge in [0.25, 0.3) is 0 Å². The predicted molar refractivity (Wildman–Crippen MR) is 61.1 cm³/mol. The summed E-state index contributed by atoms with van der Waals surface area (Å²) >= 11 is 1.32. The Labute approximate surface area is 98.8 Å². The maximum absolute atomic E-state index is 11.4. The third-order valence-electron chi connectivity index (χ3n) is 2.10. The van der Waals surface area contributed by atoms with Crippen molar-refractivity contribution < 1.29 is 14.6 Å². The van der Waals surface area contributed by atoms with Crippen LogP contribution in [0.4, 0.5) is 0 Å². The highest BCUT2D eigenvalue weighted by molar-refractivity contribution is 8.00. The van der Waals surface area contributed by atoms with Crippen molar-refractivity contribution in [2.75, 3.05) is 6.61 Å². The molecule has 90 valence electrons. The third kappa shape index (κ3) is 2.99. The number of hydrogen-bond donors (Lipinski definition) is 1. The van der Waals surface area contributed by atoms with E-state index in [2.05, 4.69) is 4.98 Å². The fourth-order valence-electron chi connectivity index (χ4n) is 1.15. The molecule has 1 aromatic rings. The number of carbonyl (C=O) groups excluding carboxylic acids is 1. The molecule has 0 aliphatic rings. The Morgan fingerprint density at radius 2 is 2.44 bits per heavy atom. The highest BCUT2D eigenvalue weighted by Gasteiger charge is 2.18. The molecule has 0 fully saturated rings. The van der Waals surface area contributed by atoms with E-state index >= 15 is 0 Å². The Morgan fingerprint density at radius 3 is 2.94 bits per heavy atom. The second-order valence-corrected chi connectivity index (χ2v) is 4.57. The molecule has 0 amide bonds. The van der Waals surface area contributed by atoms with Crippen LogP contribution in [0.2, 0.25) is 0 Å². The molecule has 0 radical (unpaired) electrons. The molecule has 1 heterocycles. The van der Waals surface area contributed by atoms with E-state index in [1.165, 1.54) is 11.8 Å². The van der Waals surface area contributed by atoms with Crippen LogP contribution in [-0.2, 0) is 23.2 Å². The molecule has 0 spiro atoms. The topological polar surface area (TPSA) is 64.3 Å². The van der Waals surface area contributed by atoms with Gasteiger partial charge in [0, 0.05) is 7.05 Å². The van der Waals surface area contributed by atoms with Gasteiger partial charge in [0.05, 0.1) is 25.1 Å². The van der Waals surface area contributed by atoms with E-state index in [1.807, 2.05) is 0 Å². The maximum Gasteiger partial charge on any atom is 0.319 e. The van der Waals surface area contributed by atoms with E-state index in [0.29, 0.717) is 11.8 Å². The number of rotatable bonds is 5. The highest BCUT2D eigenvalue weighted by atomic mass is 32.2. The van der Waals surface area contributed by atoms with E-state index in [1.54, 1.807) is 31.7 Å². The first-order chi connectivity index (χ1) is 7.60. The molecule has 0 aliphatic carbocycles. The van der Waals surface area contributed by atoms with Crippen LogP contribution in [0, 0.1) is 0 Å². The summed E-state index contributed by atoms with van der Waals surface area (Å²) in [6.45, 7) is 3.87. The van der Waals surface area contributed by atoms with Gasteiger partial charge in [0.15, 0.2) is 5.16 Å². The zero-order chi connectivity index (χ0) is 12.1. The molecule has 0 bridgehead atoms. The van der Waals surface area contributed by atoms with Crippen molar-refractivity contribution in [3.8, 4) is 0 Å². The lowest BCUT2D eigenvalue weighted by molar-refractivity contribution is -0.142. The number of esters is 1. The third-order valence-corrected chi connectivity index (χ3v) is 3.24. The second-order valence-electron chi connectivity index (χ2n) is 3.26. The number of carbonyl (C=O) groups is 1. The Balaban J connectivity index is 2.65. The van der Waals surface area contributed by atoms with Crippen molar-refractivity contribution in [2.45, 2.75) is 30.9 Å². The van der Waals surface area contributed by atoms with Gasteiger partial charge < -0.3 is 14.4 Å². The summed E-state index contributed by atoms with van der Waals surface area (Å²) in [4.78, 5) is 15.5. The van der Waals surface area contributed by atoms with Crippen molar-refractivity contribution in [1.29, 1.82) is 0 Å². The van der Waals surface area contributed by atoms with Crippen LogP contribution in [0.1, 0.15) is 19.5 Å². The Morgan fingerprint density at radius 1 is 1.75 bits per heavy atom. The molecule has 0 aromatic carbocycles. The summed E-state index contributed by atoms with van der Waals surface area (Å²) in [5, 5.41) is 9.40. The van der Waals surface area contributed by atoms with E-state index in [-0.39, 0.29) is 17.8 Å². The number of nitrogens with zero attached hydrogens (tertiary/aromatic N) is 2. The first-order valence-corrected chi connectivity index (χ1v) is 5.92. The summed E-state index contributed by atoms with van der Waals surface area (Å²) in [6, 6.07) is 0. The van der Waals surface area contributed by atoms with Crippen molar-refractivity contribution >= 4 is 17.7 Å². The Hall–Kier alpha value is -1.01. The first kappa shape index (κ1) is 13.1. The summed E-state index contributed by atoms with van der Waals surface area (Å²) in [5.74, 6) is -0.249. The summed E-state index contributed by atoms with van der Waals surface area (Å²) in [7, 11) is 1.80. The minimum absolute atomic E-state index is 0.0577. The number of aliphatic hydroxyl groups is 1. The highest BCUT2D eigenvalue weighted by Crippen LogP contribution is 2.23. The minimum Gasteiger partial charge on any atom is -0.465 e. The van der Waals surface area contributed by atoms with Crippen LogP contribution >= 0.6 is 11.8 Å². The molecule has 16 heavy (non-hydrogen) atoms. The maximum atomic E-state index is 11.4. The molecule has 0 saturated heterocycles. The Kier molecular flexibility index (Phi) is 4.82. The van der Waals surface area contributed by atoms with Gasteiger partial charge in [-0.05, 0) is 13.8 Å². The van der Waals surface area contributed by atoms with Crippen LogP contribution < -0.4 is 0 Å². The number of thioether (sulfide) groups is 1. The van der Waals surface area contributed by atoms with E-state index in [0.717, 1.165) is 5.69 Å². The van der Waals surface area contributed by atoms with Gasteiger partial charge >= 0.3 is 5.97 Å². The monoisotopic (exact) mass is 244 g/mol. The molecule has 1 rings (SSSR count). The van der Waals surface area contributed by atoms with Crippen LogP contribution in [-0.4, -0.2) is 32.5 Å². The zero-order valence-electron chi connectivity index (χ0n) is 9.64. The van der Waals surface area contributed by atoms with Crippen molar-refractivity contribution in [1.82, 2.24) is 9.55 Å². The van der Waals surface area contributed by atoms with E-state index in [4.69, 9.17) is 9.84 Å². The predicted octanol–water partition coefficient (Wildman–Crippen LogP) is 0.956. The molecule has 0 saturated carbocycles. The SMILES string of the molecule is CCOC(=O)C(C)Sc1ncc(CO)n1C. The van der Waals surface area contributed by atoms with Gasteiger partial charge in [-0.25, -0.2) is 4.98 Å². The van der Waals surface area contributed by atoms with E-state index < -0.39 is 0 Å². The Bertz CT molecular complexity index is 365. The summed E-state index contributed by atoms with van der Waals surface area (Å²) in [6.07, 6.45) is 1.60. The lowest BCUT2D eigenvalue weighted by Gasteiger charge is -2.10. The molecule has 6 heteroatoms. The zero-order valence-corrected chi connectivity index (χ0v) is 10.5. The smallest absolute Gasteiger partial charge is 0.319 e. The second kappa shape index (κ2) is 5.91. The molecule has 1 atom stereocenters. The minimum atomic E-state index is -0.299. The van der Waals surface area contributed by atoms with Crippen LogP contribution in [0.5, 0.6) is 0 Å². The lowest BCUT2D eigenvalue weighted by atomic mass is 10.5. The standard InChI is InChI=1S/C10H16N2O3S/c1-4-15-9(14)7(2)16-10-11-5-8(6-13)12(10)3/h5,7,13H,4,6H2,1-3H3. The molecule has 1 unspecified atom stereocenters. The molecular weight excluding hydrogens is 228 g/mol. The fourth-order valence-corrected chi connectivity index (χ4v) is 2.02. The number of aromatic nitrogens is 2. The molecule has 1 N–H and O–H groups in total. The van der Waals surface area contributed by atoms with Gasteiger partial charge in [-0.3, -0.25) is 4.79 Å². The summed E-state index contributed by atoms with van der Waals surface area (Å²) < 4.78 is 6.67. The molecular formula is C10H16N2O3S. The number of aliphatic hydroxyl groups excluding tert-OH is 1. The average molecular weight is 244 g/mol. The molecule has 0 aliphatic heterocycles. The van der Waals surface area contributed by atoms with Gasteiger partial charge in [-0.1, -0.05) is 11.8 Å². The quantitative estimate of drug-likeness (QED) is 0.617. The number of hydrogen-bond acceptors (Lipinski definition) is 5. The van der Waals surface area contributed by atoms with E-state index in [9.17, 15) is 4.79 Å². The van der Waals surface area contributed by atoms with Crippen molar-refractivity contribution in [3.05, 3.63) is 11.9 Å². The van der Waals surface area contributed by atoms with Crippen LogP contribution in [0.3, 0.4) is 0 Å². The van der Waals surface area contributed by atoms with Crippen LogP contribution in [0.25, 0.3) is 0 Å². The van der Waals surface area contributed by atoms with Crippen molar-refractivity contribution in [2.24, 2.45) is 7.05 Å². The van der Waals surface area contributed by atoms with Crippen molar-refractivity contribution in [3.63, 3.8) is 0 Å². The molecule has 1 aromatic heterocycles. The normalized spacial score (nSPS) is 12.5. The fraction of sp³-hybridized carbons (Fsp3) is 0.600. The van der Waals surface area contributed by atoms with Gasteiger partial charge in [-0.2, -0.15) is 0 Å². The average Bonchev–Trinajstić information content (AvgIpc) is 2.60. The van der Waals surface area contributed by atoms with Gasteiger partial charge in [0.2, 0.25) is 0 Å². The van der Waals surface area contributed by atoms with Crippen LogP contribution in [0.15, 0.2) is 11.4 Å². The number of imidazole rings is 1. The first-order valence-electron chi connectivity index (χ1n) is 5.04. The van der Waals surface area contributed by atoms with Gasteiger partial charge in [0.1, 0.15) is 5.25 Å². The number of ether oxygens (including phenoxy) is 1. The summed E-state index contributed by atoms with van der Waals surface area (Å²) in [5.41, 5.74) is 0.721.